The first-order chi connectivity index (χ1) is 20.4. The fourth-order valence-electron chi connectivity index (χ4n) is 4.61. The highest BCUT2D eigenvalue weighted by atomic mass is 16.5. The van der Waals surface area contributed by atoms with Gasteiger partial charge in [0.2, 0.25) is 17.7 Å². The first-order valence-corrected chi connectivity index (χ1v) is 13.4. The number of aromatic amines is 1. The maximum atomic E-state index is 12.8. The zero-order valence-corrected chi connectivity index (χ0v) is 23.1. The van der Waals surface area contributed by atoms with Crippen LogP contribution in [-0.2, 0) is 49.8 Å². The first-order valence-electron chi connectivity index (χ1n) is 13.4. The SMILES string of the molecule is COC(=O)[C@H](Cc1c[nH]c2ccccc12)NC(=O)CCn1cc(CNC(=O)C(CC(=O)NO)Cc2ccccc2)nn1. The van der Waals surface area contributed by atoms with Crippen molar-refractivity contribution in [2.24, 2.45) is 5.92 Å². The third-order valence-electron chi connectivity index (χ3n) is 6.77. The minimum atomic E-state index is -0.861. The van der Waals surface area contributed by atoms with Gasteiger partial charge in [0.25, 0.3) is 0 Å². The topological polar surface area (TPSA) is 180 Å². The Morgan fingerprint density at radius 3 is 2.55 bits per heavy atom. The van der Waals surface area contributed by atoms with E-state index in [0.717, 1.165) is 22.0 Å². The molecule has 220 valence electrons. The van der Waals surface area contributed by atoms with Gasteiger partial charge in [-0.3, -0.25) is 24.3 Å². The number of nitrogens with zero attached hydrogens (tertiary/aromatic N) is 3. The second-order valence-electron chi connectivity index (χ2n) is 9.77. The zero-order valence-electron chi connectivity index (χ0n) is 23.1. The molecule has 0 saturated carbocycles. The predicted molar refractivity (Wildman–Crippen MR) is 151 cm³/mol. The van der Waals surface area contributed by atoms with Crippen LogP contribution < -0.4 is 16.1 Å². The Labute approximate surface area is 241 Å². The number of aryl methyl sites for hydroxylation is 1. The Kier molecular flexibility index (Phi) is 10.4. The summed E-state index contributed by atoms with van der Waals surface area (Å²) in [6.07, 6.45) is 3.84. The highest BCUT2D eigenvalue weighted by Crippen LogP contribution is 2.19. The third kappa shape index (κ3) is 8.24. The number of amides is 3. The van der Waals surface area contributed by atoms with Crippen molar-refractivity contribution in [2.75, 3.05) is 7.11 Å². The second kappa shape index (κ2) is 14.6. The number of aromatic nitrogens is 4. The number of para-hydroxylation sites is 1. The number of carbonyl (C=O) groups is 4. The Morgan fingerprint density at radius 1 is 1.02 bits per heavy atom. The van der Waals surface area contributed by atoms with Gasteiger partial charge in [-0.2, -0.15) is 0 Å². The van der Waals surface area contributed by atoms with Gasteiger partial charge in [0, 0.05) is 36.4 Å². The molecule has 0 aliphatic rings. The number of hydrogen-bond donors (Lipinski definition) is 5. The molecule has 3 amide bonds. The molecule has 42 heavy (non-hydrogen) atoms. The summed E-state index contributed by atoms with van der Waals surface area (Å²) in [5.41, 5.74) is 4.72. The quantitative estimate of drug-likeness (QED) is 0.0850. The lowest BCUT2D eigenvalue weighted by Crippen LogP contribution is -2.43. The van der Waals surface area contributed by atoms with Gasteiger partial charge < -0.3 is 20.4 Å². The summed E-state index contributed by atoms with van der Waals surface area (Å²) < 4.78 is 6.37. The van der Waals surface area contributed by atoms with E-state index in [1.54, 1.807) is 11.7 Å². The molecule has 0 spiro atoms. The largest absolute Gasteiger partial charge is 0.467 e. The van der Waals surface area contributed by atoms with Crippen LogP contribution in [0.1, 0.15) is 29.7 Å². The molecule has 4 rings (SSSR count). The van der Waals surface area contributed by atoms with Crippen LogP contribution in [0.15, 0.2) is 67.0 Å². The van der Waals surface area contributed by atoms with Crippen molar-refractivity contribution >= 4 is 34.6 Å². The zero-order chi connectivity index (χ0) is 29.9. The van der Waals surface area contributed by atoms with Gasteiger partial charge >= 0.3 is 5.97 Å². The lowest BCUT2D eigenvalue weighted by molar-refractivity contribution is -0.145. The normalized spacial score (nSPS) is 12.3. The van der Waals surface area contributed by atoms with Crippen LogP contribution in [0.2, 0.25) is 0 Å². The van der Waals surface area contributed by atoms with Crippen molar-refractivity contribution in [2.45, 2.75) is 44.8 Å². The number of ether oxygens (including phenoxy) is 1. The van der Waals surface area contributed by atoms with E-state index in [1.165, 1.54) is 11.8 Å². The summed E-state index contributed by atoms with van der Waals surface area (Å²) in [7, 11) is 1.28. The van der Waals surface area contributed by atoms with Crippen molar-refractivity contribution < 1.29 is 29.1 Å². The van der Waals surface area contributed by atoms with E-state index in [9.17, 15) is 19.2 Å². The summed E-state index contributed by atoms with van der Waals surface area (Å²) >= 11 is 0. The Balaban J connectivity index is 1.28. The molecule has 4 aromatic rings. The van der Waals surface area contributed by atoms with Gasteiger partial charge in [-0.05, 0) is 23.6 Å². The van der Waals surface area contributed by atoms with E-state index in [-0.39, 0.29) is 44.2 Å². The molecule has 0 radical (unpaired) electrons. The Hall–Kier alpha value is -5.04. The number of benzene rings is 2. The second-order valence-corrected chi connectivity index (χ2v) is 9.77. The van der Waals surface area contributed by atoms with E-state index in [1.807, 2.05) is 60.8 Å². The molecule has 2 aromatic heterocycles. The number of nitrogens with one attached hydrogen (secondary N) is 4. The fourth-order valence-corrected chi connectivity index (χ4v) is 4.61. The summed E-state index contributed by atoms with van der Waals surface area (Å²) in [5.74, 6) is -2.65. The monoisotopic (exact) mass is 575 g/mol. The average molecular weight is 576 g/mol. The molecule has 1 unspecified atom stereocenters. The Bertz CT molecular complexity index is 1520. The number of hydroxylamine groups is 1. The van der Waals surface area contributed by atoms with E-state index in [0.29, 0.717) is 12.1 Å². The lowest BCUT2D eigenvalue weighted by atomic mass is 9.95. The minimum absolute atomic E-state index is 0.0337. The highest BCUT2D eigenvalue weighted by molar-refractivity contribution is 5.87. The van der Waals surface area contributed by atoms with Crippen LogP contribution in [0.3, 0.4) is 0 Å². The predicted octanol–water partition coefficient (Wildman–Crippen LogP) is 1.42. The van der Waals surface area contributed by atoms with Crippen molar-refractivity contribution in [3.63, 3.8) is 0 Å². The van der Waals surface area contributed by atoms with E-state index in [2.05, 4.69) is 25.9 Å². The maximum Gasteiger partial charge on any atom is 0.328 e. The van der Waals surface area contributed by atoms with Gasteiger partial charge in [0.1, 0.15) is 11.7 Å². The molecule has 13 nitrogen and oxygen atoms in total. The molecule has 0 saturated heterocycles. The summed E-state index contributed by atoms with van der Waals surface area (Å²) in [4.78, 5) is 52.9. The van der Waals surface area contributed by atoms with Crippen LogP contribution in [0, 0.1) is 5.92 Å². The summed E-state index contributed by atoms with van der Waals surface area (Å²) in [5, 5.41) is 23.4. The van der Waals surface area contributed by atoms with E-state index >= 15 is 0 Å². The fraction of sp³-hybridized carbons (Fsp3) is 0.310. The molecule has 5 N–H and O–H groups in total. The smallest absolute Gasteiger partial charge is 0.328 e. The molecule has 0 fully saturated rings. The summed E-state index contributed by atoms with van der Waals surface area (Å²) in [6.45, 7) is 0.257. The lowest BCUT2D eigenvalue weighted by Gasteiger charge is -2.16. The van der Waals surface area contributed by atoms with Crippen LogP contribution in [0.25, 0.3) is 10.9 Å². The van der Waals surface area contributed by atoms with Crippen molar-refractivity contribution in [1.29, 1.82) is 0 Å². The minimum Gasteiger partial charge on any atom is -0.467 e. The number of hydrogen-bond acceptors (Lipinski definition) is 8. The highest BCUT2D eigenvalue weighted by Gasteiger charge is 2.24. The standard InChI is InChI=1S/C29H33N7O6/c1-42-29(40)25(14-21-16-30-24-10-6-5-9-23(21)24)32-26(37)11-12-36-18-22(33-35-36)17-31-28(39)20(15-27(38)34-41)13-19-7-3-2-4-8-19/h2-10,16,18,20,25,30,41H,11-15,17H2,1H3,(H,31,39)(H,32,37)(H,34,38)/t20?,25-/m0/s1. The number of fused-ring (bicyclic) bond motifs is 1. The van der Waals surface area contributed by atoms with Crippen LogP contribution in [0.4, 0.5) is 0 Å². The molecular weight excluding hydrogens is 542 g/mol. The van der Waals surface area contributed by atoms with Crippen molar-refractivity contribution in [1.82, 2.24) is 36.1 Å². The molecule has 0 aliphatic carbocycles. The number of carbonyl (C=O) groups excluding carboxylic acids is 4. The molecule has 2 atom stereocenters. The molecule has 0 aliphatic heterocycles. The van der Waals surface area contributed by atoms with Crippen molar-refractivity contribution in [3.05, 3.63) is 83.8 Å². The third-order valence-corrected chi connectivity index (χ3v) is 6.77. The van der Waals surface area contributed by atoms with Crippen LogP contribution in [0.5, 0.6) is 0 Å². The van der Waals surface area contributed by atoms with Gasteiger partial charge in [-0.1, -0.05) is 53.7 Å². The number of methoxy groups -OCH3 is 1. The van der Waals surface area contributed by atoms with Crippen LogP contribution >= 0.6 is 0 Å². The van der Waals surface area contributed by atoms with Crippen molar-refractivity contribution in [3.8, 4) is 0 Å². The molecule has 2 aromatic carbocycles. The van der Waals surface area contributed by atoms with Gasteiger partial charge in [-0.25, -0.2) is 10.3 Å². The van der Waals surface area contributed by atoms with E-state index < -0.39 is 23.8 Å². The van der Waals surface area contributed by atoms with Gasteiger partial charge in [0.15, 0.2) is 0 Å². The van der Waals surface area contributed by atoms with Crippen LogP contribution in [-0.4, -0.2) is 62.0 Å². The van der Waals surface area contributed by atoms with Gasteiger partial charge in [0.05, 0.1) is 32.3 Å². The van der Waals surface area contributed by atoms with Gasteiger partial charge in [-0.15, -0.1) is 5.10 Å². The molecule has 0 bridgehead atoms. The average Bonchev–Trinajstić information content (AvgIpc) is 3.65. The summed E-state index contributed by atoms with van der Waals surface area (Å²) in [6, 6.07) is 16.1. The number of rotatable bonds is 14. The number of esters is 1. The molecule has 2 heterocycles. The van der Waals surface area contributed by atoms with E-state index in [4.69, 9.17) is 9.94 Å². The number of H-pyrrole nitrogens is 1. The Morgan fingerprint density at radius 2 is 1.79 bits per heavy atom. The maximum absolute atomic E-state index is 12.8. The molecular formula is C29H33N7O6. The molecule has 13 heteroatoms. The first kappa shape index (κ1) is 29.9.